The lowest BCUT2D eigenvalue weighted by Crippen LogP contribution is -2.32. The molecule has 0 saturated heterocycles. The third-order valence-corrected chi connectivity index (χ3v) is 4.02. The quantitative estimate of drug-likeness (QED) is 0.0492. The van der Waals surface area contributed by atoms with Crippen LogP contribution < -0.4 is 0 Å². The lowest BCUT2D eigenvalue weighted by Gasteiger charge is -2.12. The second-order valence-electron chi connectivity index (χ2n) is 10.2. The lowest BCUT2D eigenvalue weighted by atomic mass is 10.2. The minimum absolute atomic E-state index is 0. The van der Waals surface area contributed by atoms with E-state index in [9.17, 15) is 52.7 Å². The van der Waals surface area contributed by atoms with Gasteiger partial charge in [0, 0.05) is 48.6 Å². The summed E-state index contributed by atoms with van der Waals surface area (Å²) >= 11 is 0. The van der Waals surface area contributed by atoms with Gasteiger partial charge in [0.2, 0.25) is 23.7 Å². The zero-order valence-corrected chi connectivity index (χ0v) is 48.5. The first-order chi connectivity index (χ1) is 31.4. The van der Waals surface area contributed by atoms with Crippen molar-refractivity contribution < 1.29 is 86.2 Å². The van der Waals surface area contributed by atoms with E-state index in [1.165, 1.54) is 97.7 Å². The molecule has 0 N–H and O–H groups in total. The Morgan fingerprint density at radius 3 is 0.855 bits per heavy atom. The van der Waals surface area contributed by atoms with Crippen molar-refractivity contribution in [1.29, 1.82) is 0 Å². The number of carbonyl (C=O) groups is 11. The van der Waals surface area contributed by atoms with E-state index in [2.05, 4.69) is 43.8 Å². The smallest absolute Gasteiger partial charge is 0.374 e. The summed E-state index contributed by atoms with van der Waals surface area (Å²) in [5.74, 6) is -3.64. The average Bonchev–Trinajstić information content (AvgIpc) is 3.29. The van der Waals surface area contributed by atoms with E-state index in [1.54, 1.807) is 20.9 Å². The SMILES string of the molecule is C.CC.CC.CC.CC.CC.CC.CC(=O)C(C)=O.CC(C)=O.CC(C)=O.CC(C)=O.CO/N=C(/C)C(C)=O.CO/N=C(/C)OC.COC(=O)C(=O)CC(OC(C)=O)C(=O)OC.CON(C)C(C)=O. The molecule has 1 unspecified atom stereocenters. The molecule has 0 rings (SSSR count). The molecular weight excluding hydrogens is 907 g/mol. The van der Waals surface area contributed by atoms with Crippen molar-refractivity contribution in [2.24, 2.45) is 10.3 Å². The van der Waals surface area contributed by atoms with E-state index in [0.717, 1.165) is 26.2 Å². The Morgan fingerprint density at radius 2 is 0.739 bits per heavy atom. The predicted octanol–water partition coefficient (Wildman–Crippen LogP) is 9.20. The van der Waals surface area contributed by atoms with Crippen molar-refractivity contribution >= 4 is 75.9 Å². The van der Waals surface area contributed by atoms with E-state index in [4.69, 9.17) is 0 Å². The highest BCUT2D eigenvalue weighted by atomic mass is 16.7. The minimum atomic E-state index is -1.42. The fraction of sp³-hybridized carbons (Fsp3) is 0.729. The molecule has 0 radical (unpaired) electrons. The molecule has 0 bridgehead atoms. The largest absolute Gasteiger partial charge is 0.482 e. The van der Waals surface area contributed by atoms with E-state index in [1.807, 2.05) is 83.1 Å². The van der Waals surface area contributed by atoms with E-state index in [0.29, 0.717) is 11.6 Å². The number of ketones is 7. The maximum absolute atomic E-state index is 11.1. The highest BCUT2D eigenvalue weighted by molar-refractivity contribution is 6.37. The van der Waals surface area contributed by atoms with Crippen molar-refractivity contribution in [1.82, 2.24) is 5.06 Å². The molecule has 0 heterocycles. The number of hydrogen-bond acceptors (Lipinski definition) is 20. The molecule has 0 aliphatic heterocycles. The van der Waals surface area contributed by atoms with Gasteiger partial charge in [0.15, 0.2) is 17.3 Å². The van der Waals surface area contributed by atoms with Crippen LogP contribution in [-0.2, 0) is 86.2 Å². The third-order valence-electron chi connectivity index (χ3n) is 4.02. The molecule has 0 aliphatic carbocycles. The summed E-state index contributed by atoms with van der Waals surface area (Å²) in [5, 5.41) is 7.98. The monoisotopic (exact) mass is 1010 g/mol. The van der Waals surface area contributed by atoms with Crippen molar-refractivity contribution in [3.05, 3.63) is 0 Å². The molecule has 0 aliphatic rings. The van der Waals surface area contributed by atoms with Crippen LogP contribution in [0.5, 0.6) is 0 Å². The van der Waals surface area contributed by atoms with Crippen molar-refractivity contribution in [3.8, 4) is 0 Å². The number of methoxy groups -OCH3 is 3. The topological polar surface area (TPSA) is 280 Å². The Kier molecular flexibility index (Phi) is 147. The second kappa shape index (κ2) is 96.3. The van der Waals surface area contributed by atoms with Gasteiger partial charge < -0.3 is 43.0 Å². The molecule has 1 amide bonds. The molecular formula is C48H103N3O18. The van der Waals surface area contributed by atoms with Crippen molar-refractivity contribution in [2.45, 2.75) is 193 Å². The van der Waals surface area contributed by atoms with Crippen LogP contribution in [-0.4, -0.2) is 137 Å². The van der Waals surface area contributed by atoms with Crippen LogP contribution in [0, 0.1) is 0 Å². The van der Waals surface area contributed by atoms with Gasteiger partial charge in [0.05, 0.1) is 34.9 Å². The number of hydrogen-bond donors (Lipinski definition) is 0. The van der Waals surface area contributed by atoms with Gasteiger partial charge in [0.25, 0.3) is 0 Å². The molecule has 69 heavy (non-hydrogen) atoms. The molecule has 21 nitrogen and oxygen atoms in total. The number of amides is 1. The fourth-order valence-corrected chi connectivity index (χ4v) is 1.37. The number of Topliss-reactive ketones (excluding diaryl/α,β-unsaturated/α-hetero) is 7. The Morgan fingerprint density at radius 1 is 0.449 bits per heavy atom. The Balaban J connectivity index is -0.0000000373. The number of ether oxygens (including phenoxy) is 4. The van der Waals surface area contributed by atoms with Gasteiger partial charge >= 0.3 is 17.9 Å². The summed E-state index contributed by atoms with van der Waals surface area (Å²) in [4.78, 5) is 125. The lowest BCUT2D eigenvalue weighted by molar-refractivity contribution is -0.167. The van der Waals surface area contributed by atoms with Crippen LogP contribution in [0.4, 0.5) is 0 Å². The summed E-state index contributed by atoms with van der Waals surface area (Å²) in [5.41, 5.74) is 0.396. The van der Waals surface area contributed by atoms with Gasteiger partial charge in [0.1, 0.15) is 37.3 Å². The Hall–Kier alpha value is -5.73. The van der Waals surface area contributed by atoms with E-state index >= 15 is 0 Å². The third kappa shape index (κ3) is 172. The Labute approximate surface area is 419 Å². The number of nitrogens with zero attached hydrogens (tertiary/aromatic N) is 3. The first-order valence-electron chi connectivity index (χ1n) is 21.7. The van der Waals surface area contributed by atoms with Gasteiger partial charge in [-0.05, 0) is 48.5 Å². The second-order valence-corrected chi connectivity index (χ2v) is 10.2. The standard InChI is InChI=1S/C9H12O7.C5H9NO2.2C4H9NO2.C4H6O2.3C3H6O.6C2H6.CH4/c1-5(10)16-7(9(13)15-3)4-6(11)8(12)14-2;1-4(5(2)7)6-8-3;1-4(6-2)5-7-3;1-4(6)5(2)7-3;1-3(5)4(2)6;3*1-3(2)4;6*1-2;/h7H,4H2,1-3H3;1-3H3;2*1-3H3;1-2H3;3*1-2H3;6*1-2H3;1H4/b;6-4-;5-4-;;;;;;;;;;;;. The summed E-state index contributed by atoms with van der Waals surface area (Å²) in [6.07, 6.45) is -2.02. The summed E-state index contributed by atoms with van der Waals surface area (Å²) in [6, 6.07) is 0. The van der Waals surface area contributed by atoms with E-state index in [-0.39, 0.29) is 48.0 Å². The van der Waals surface area contributed by atoms with E-state index < -0.39 is 36.2 Å². The number of rotatable bonds is 10. The molecule has 0 fully saturated rings. The molecule has 0 aromatic heterocycles. The maximum Gasteiger partial charge on any atom is 0.374 e. The van der Waals surface area contributed by atoms with Crippen molar-refractivity contribution in [3.63, 3.8) is 0 Å². The van der Waals surface area contributed by atoms with Gasteiger partial charge in [-0.25, -0.2) is 14.7 Å². The molecule has 21 heteroatoms. The van der Waals surface area contributed by atoms with Crippen molar-refractivity contribution in [2.75, 3.05) is 49.7 Å². The van der Waals surface area contributed by atoms with Crippen LogP contribution in [0.2, 0.25) is 0 Å². The molecule has 418 valence electrons. The van der Waals surface area contributed by atoms with Gasteiger partial charge in [-0.2, -0.15) is 0 Å². The molecule has 1 atom stereocenters. The number of oxime groups is 2. The molecule has 0 spiro atoms. The van der Waals surface area contributed by atoms with Gasteiger partial charge in [-0.1, -0.05) is 101 Å². The number of carbonyl (C=O) groups excluding carboxylic acids is 11. The highest BCUT2D eigenvalue weighted by Crippen LogP contribution is 2.04. The molecule has 0 aromatic rings. The first-order valence-corrected chi connectivity index (χ1v) is 21.7. The van der Waals surface area contributed by atoms with Crippen LogP contribution in [0.3, 0.4) is 0 Å². The minimum Gasteiger partial charge on any atom is -0.482 e. The van der Waals surface area contributed by atoms with Crippen LogP contribution in [0.1, 0.15) is 187 Å². The Bertz CT molecular complexity index is 1230. The van der Waals surface area contributed by atoms with Crippen LogP contribution in [0.25, 0.3) is 0 Å². The normalized spacial score (nSPS) is 8.17. The maximum atomic E-state index is 11.1. The fourth-order valence-electron chi connectivity index (χ4n) is 1.37. The molecule has 0 saturated carbocycles. The highest BCUT2D eigenvalue weighted by Gasteiger charge is 2.29. The van der Waals surface area contributed by atoms with Crippen LogP contribution in [0.15, 0.2) is 10.3 Å². The number of hydroxylamine groups is 2. The van der Waals surface area contributed by atoms with Gasteiger partial charge in [-0.3, -0.25) is 33.6 Å². The zero-order chi connectivity index (χ0) is 58.7. The summed E-state index contributed by atoms with van der Waals surface area (Å²) in [7, 11) is 9.53. The predicted molar refractivity (Wildman–Crippen MR) is 278 cm³/mol. The summed E-state index contributed by atoms with van der Waals surface area (Å²) < 4.78 is 17.6. The average molecular weight is 1010 g/mol. The number of esters is 3. The first kappa shape index (κ1) is 105. The molecule has 0 aromatic carbocycles. The summed E-state index contributed by atoms with van der Waals surface area (Å²) in [6.45, 7) is 42.9. The van der Waals surface area contributed by atoms with Crippen LogP contribution >= 0.6 is 0 Å². The van der Waals surface area contributed by atoms with Gasteiger partial charge in [-0.15, -0.1) is 0 Å². The zero-order valence-electron chi connectivity index (χ0n) is 48.5.